The summed E-state index contributed by atoms with van der Waals surface area (Å²) in [5.41, 5.74) is 1.01. The fraction of sp³-hybridized carbons (Fsp3) is 0.562. The van der Waals surface area contributed by atoms with Gasteiger partial charge in [-0.3, -0.25) is 9.89 Å². The lowest BCUT2D eigenvalue weighted by molar-refractivity contribution is -0.143. The van der Waals surface area contributed by atoms with Gasteiger partial charge >= 0.3 is 6.18 Å². The van der Waals surface area contributed by atoms with Crippen molar-refractivity contribution in [2.45, 2.75) is 19.1 Å². The molecule has 0 amide bonds. The van der Waals surface area contributed by atoms with Crippen molar-refractivity contribution in [3.8, 4) is 11.5 Å². The molecule has 0 bridgehead atoms. The number of guanidine groups is 1. The number of alkyl halides is 3. The van der Waals surface area contributed by atoms with Gasteiger partial charge in [0.2, 0.25) is 6.79 Å². The van der Waals surface area contributed by atoms with E-state index in [1.807, 2.05) is 18.2 Å². The molecule has 0 saturated heterocycles. The van der Waals surface area contributed by atoms with E-state index in [1.54, 1.807) is 7.05 Å². The Morgan fingerprint density at radius 2 is 1.96 bits per heavy atom. The predicted octanol–water partition coefficient (Wildman–Crippen LogP) is 2.58. The molecule has 0 aliphatic carbocycles. The zero-order chi connectivity index (χ0) is 18.3. The zero-order valence-electron chi connectivity index (χ0n) is 14.7. The summed E-state index contributed by atoms with van der Waals surface area (Å²) in [4.78, 5) is 5.35. The van der Waals surface area contributed by atoms with Gasteiger partial charge in [-0.2, -0.15) is 13.2 Å². The molecule has 0 spiro atoms. The number of nitrogens with one attached hydrogen (secondary N) is 2. The van der Waals surface area contributed by atoms with Crippen molar-refractivity contribution in [1.29, 1.82) is 0 Å². The Labute approximate surface area is 168 Å². The largest absolute Gasteiger partial charge is 0.454 e. The van der Waals surface area contributed by atoms with Crippen LogP contribution >= 0.6 is 24.0 Å². The topological polar surface area (TPSA) is 58.1 Å². The van der Waals surface area contributed by atoms with E-state index in [9.17, 15) is 13.2 Å². The van der Waals surface area contributed by atoms with E-state index in [0.29, 0.717) is 32.0 Å². The number of fused-ring (bicyclic) bond motifs is 1. The summed E-state index contributed by atoms with van der Waals surface area (Å²) >= 11 is 0. The van der Waals surface area contributed by atoms with E-state index >= 15 is 0 Å². The van der Waals surface area contributed by atoms with E-state index in [1.165, 1.54) is 11.9 Å². The Bertz CT molecular complexity index is 599. The van der Waals surface area contributed by atoms with Crippen LogP contribution in [-0.4, -0.2) is 57.6 Å². The molecule has 6 nitrogen and oxygen atoms in total. The van der Waals surface area contributed by atoms with Crippen LogP contribution in [-0.2, 0) is 6.54 Å². The minimum Gasteiger partial charge on any atom is -0.454 e. The molecular formula is C16H24F3IN4O2. The summed E-state index contributed by atoms with van der Waals surface area (Å²) in [5, 5.41) is 6.24. The molecule has 0 radical (unpaired) electrons. The Morgan fingerprint density at radius 1 is 1.23 bits per heavy atom. The van der Waals surface area contributed by atoms with Crippen molar-refractivity contribution in [3.05, 3.63) is 23.8 Å². The van der Waals surface area contributed by atoms with Crippen molar-refractivity contribution in [2.24, 2.45) is 4.99 Å². The average molecular weight is 488 g/mol. The van der Waals surface area contributed by atoms with Crippen LogP contribution in [0, 0.1) is 0 Å². The SMILES string of the molecule is CN=C(NCCCN(C)CC(F)(F)F)NCc1ccc2c(c1)OCO2.I. The van der Waals surface area contributed by atoms with E-state index in [4.69, 9.17) is 9.47 Å². The van der Waals surface area contributed by atoms with Gasteiger partial charge in [0.15, 0.2) is 17.5 Å². The van der Waals surface area contributed by atoms with E-state index in [2.05, 4.69) is 15.6 Å². The number of halogens is 4. The number of ether oxygens (including phenoxy) is 2. The predicted molar refractivity (Wildman–Crippen MR) is 104 cm³/mol. The second-order valence-electron chi connectivity index (χ2n) is 5.75. The van der Waals surface area contributed by atoms with Gasteiger partial charge in [-0.15, -0.1) is 24.0 Å². The van der Waals surface area contributed by atoms with Gasteiger partial charge in [0, 0.05) is 20.1 Å². The third-order valence-electron chi connectivity index (χ3n) is 3.58. The lowest BCUT2D eigenvalue weighted by atomic mass is 10.2. The van der Waals surface area contributed by atoms with Gasteiger partial charge in [0.25, 0.3) is 0 Å². The van der Waals surface area contributed by atoms with Crippen LogP contribution in [0.1, 0.15) is 12.0 Å². The summed E-state index contributed by atoms with van der Waals surface area (Å²) in [5.74, 6) is 2.04. The first-order valence-electron chi connectivity index (χ1n) is 7.96. The summed E-state index contributed by atoms with van der Waals surface area (Å²) in [6.45, 7) is 0.765. The molecule has 1 aromatic carbocycles. The second kappa shape index (κ2) is 10.7. The maximum absolute atomic E-state index is 12.2. The van der Waals surface area contributed by atoms with Crippen molar-refractivity contribution in [3.63, 3.8) is 0 Å². The summed E-state index contributed by atoms with van der Waals surface area (Å²) in [6, 6.07) is 5.68. The molecular weight excluding hydrogens is 464 g/mol. The number of aliphatic imine (C=N–C) groups is 1. The Morgan fingerprint density at radius 3 is 2.65 bits per heavy atom. The highest BCUT2D eigenvalue weighted by atomic mass is 127. The van der Waals surface area contributed by atoms with Crippen LogP contribution < -0.4 is 20.1 Å². The fourth-order valence-corrected chi connectivity index (χ4v) is 2.40. The monoisotopic (exact) mass is 488 g/mol. The third-order valence-corrected chi connectivity index (χ3v) is 3.58. The van der Waals surface area contributed by atoms with Crippen LogP contribution in [0.4, 0.5) is 13.2 Å². The maximum Gasteiger partial charge on any atom is 0.401 e. The molecule has 0 aromatic heterocycles. The molecule has 1 aliphatic rings. The summed E-state index contributed by atoms with van der Waals surface area (Å²) in [6.07, 6.45) is -3.58. The molecule has 2 N–H and O–H groups in total. The van der Waals surface area contributed by atoms with Crippen LogP contribution in [0.2, 0.25) is 0 Å². The Kier molecular flexibility index (Phi) is 9.27. The smallest absolute Gasteiger partial charge is 0.401 e. The van der Waals surface area contributed by atoms with E-state index in [0.717, 1.165) is 17.1 Å². The molecule has 0 saturated carbocycles. The van der Waals surface area contributed by atoms with E-state index < -0.39 is 12.7 Å². The van der Waals surface area contributed by atoms with Crippen molar-refractivity contribution in [1.82, 2.24) is 15.5 Å². The third kappa shape index (κ3) is 7.85. The van der Waals surface area contributed by atoms with Crippen molar-refractivity contribution in [2.75, 3.05) is 40.5 Å². The molecule has 0 atom stereocenters. The van der Waals surface area contributed by atoms with E-state index in [-0.39, 0.29) is 30.8 Å². The quantitative estimate of drug-likeness (QED) is 0.268. The minimum absolute atomic E-state index is 0. The maximum atomic E-state index is 12.2. The molecule has 1 heterocycles. The lowest BCUT2D eigenvalue weighted by Crippen LogP contribution is -2.39. The highest BCUT2D eigenvalue weighted by molar-refractivity contribution is 14.0. The minimum atomic E-state index is -4.16. The first-order valence-corrected chi connectivity index (χ1v) is 7.96. The molecule has 10 heteroatoms. The molecule has 0 fully saturated rings. The van der Waals surface area contributed by atoms with Crippen LogP contribution in [0.15, 0.2) is 23.2 Å². The Hall–Kier alpha value is -1.43. The molecule has 0 unspecified atom stereocenters. The van der Waals surface area contributed by atoms with Gasteiger partial charge in [-0.05, 0) is 37.7 Å². The number of hydrogen-bond acceptors (Lipinski definition) is 4. The average Bonchev–Trinajstić information content (AvgIpc) is 3.00. The van der Waals surface area contributed by atoms with Crippen molar-refractivity contribution >= 4 is 29.9 Å². The van der Waals surface area contributed by atoms with Gasteiger partial charge in [0.05, 0.1) is 6.54 Å². The van der Waals surface area contributed by atoms with Crippen LogP contribution in [0.25, 0.3) is 0 Å². The molecule has 26 heavy (non-hydrogen) atoms. The second-order valence-corrected chi connectivity index (χ2v) is 5.75. The number of hydrogen-bond donors (Lipinski definition) is 2. The van der Waals surface area contributed by atoms with Crippen LogP contribution in [0.5, 0.6) is 11.5 Å². The number of rotatable bonds is 7. The highest BCUT2D eigenvalue weighted by Gasteiger charge is 2.28. The highest BCUT2D eigenvalue weighted by Crippen LogP contribution is 2.32. The summed E-state index contributed by atoms with van der Waals surface area (Å²) in [7, 11) is 3.10. The zero-order valence-corrected chi connectivity index (χ0v) is 17.1. The molecule has 1 aromatic rings. The first kappa shape index (κ1) is 22.6. The summed E-state index contributed by atoms with van der Waals surface area (Å²) < 4.78 is 47.3. The first-order chi connectivity index (χ1) is 11.9. The fourth-order valence-electron chi connectivity index (χ4n) is 2.40. The van der Waals surface area contributed by atoms with Gasteiger partial charge < -0.3 is 20.1 Å². The molecule has 148 valence electrons. The van der Waals surface area contributed by atoms with Gasteiger partial charge in [0.1, 0.15) is 0 Å². The van der Waals surface area contributed by atoms with Gasteiger partial charge in [-0.25, -0.2) is 0 Å². The molecule has 2 rings (SSSR count). The number of benzene rings is 1. The normalized spacial score (nSPS) is 13.5. The standard InChI is InChI=1S/C16H23F3N4O2.HI/c1-20-15(21-6-3-7-23(2)10-16(17,18)19)22-9-12-4-5-13-14(8-12)25-11-24-13;/h4-5,8H,3,6-7,9-11H2,1-2H3,(H2,20,21,22);1H. The van der Waals surface area contributed by atoms with Crippen molar-refractivity contribution < 1.29 is 22.6 Å². The Balaban J connectivity index is 0.00000338. The van der Waals surface area contributed by atoms with Gasteiger partial charge in [-0.1, -0.05) is 6.07 Å². The number of nitrogens with zero attached hydrogens (tertiary/aromatic N) is 2. The van der Waals surface area contributed by atoms with Crippen LogP contribution in [0.3, 0.4) is 0 Å². The molecule has 1 aliphatic heterocycles. The lowest BCUT2D eigenvalue weighted by Gasteiger charge is -2.19.